The van der Waals surface area contributed by atoms with Gasteiger partial charge in [0, 0.05) is 28.3 Å². The van der Waals surface area contributed by atoms with E-state index in [1.807, 2.05) is 0 Å². The van der Waals surface area contributed by atoms with E-state index >= 15 is 0 Å². The maximum atomic E-state index is 11.8. The predicted octanol–water partition coefficient (Wildman–Crippen LogP) is -0.922. The number of carbonyl (C=O) groups is 3. The molecule has 0 aromatic heterocycles. The van der Waals surface area contributed by atoms with Crippen molar-refractivity contribution < 1.29 is 28.8 Å². The van der Waals surface area contributed by atoms with Crippen molar-refractivity contribution in [1.29, 1.82) is 0 Å². The first-order valence-corrected chi connectivity index (χ1v) is 7.21. The summed E-state index contributed by atoms with van der Waals surface area (Å²) in [5.74, 6) is -1.58. The van der Waals surface area contributed by atoms with Crippen LogP contribution in [0.15, 0.2) is 0 Å². The molecule has 0 unspecified atom stereocenters. The van der Waals surface area contributed by atoms with Gasteiger partial charge in [0.1, 0.15) is 13.1 Å². The zero-order chi connectivity index (χ0) is 14.4. The van der Waals surface area contributed by atoms with Gasteiger partial charge in [-0.15, -0.1) is 0 Å². The second-order valence-electron chi connectivity index (χ2n) is 4.22. The minimum absolute atomic E-state index is 0.185. The van der Waals surface area contributed by atoms with Crippen molar-refractivity contribution in [1.82, 2.24) is 10.2 Å². The van der Waals surface area contributed by atoms with Gasteiger partial charge in [0.05, 0.1) is 0 Å². The molecule has 19 heavy (non-hydrogen) atoms. The Morgan fingerprint density at radius 1 is 1.11 bits per heavy atom. The molecule has 0 bridgehead atoms. The molecule has 0 aromatic rings. The van der Waals surface area contributed by atoms with Crippen LogP contribution in [-0.4, -0.2) is 67.9 Å². The van der Waals surface area contributed by atoms with Crippen molar-refractivity contribution in [2.24, 2.45) is 0 Å². The number of carboxylic acids is 2. The van der Waals surface area contributed by atoms with Crippen molar-refractivity contribution in [2.75, 3.05) is 24.6 Å². The Morgan fingerprint density at radius 3 is 2.00 bits per heavy atom. The summed E-state index contributed by atoms with van der Waals surface area (Å²) in [6, 6.07) is -0.905. The molecular weight excluding hydrogens is 276 g/mol. The van der Waals surface area contributed by atoms with Crippen LogP contribution in [0.4, 0.5) is 4.79 Å². The van der Waals surface area contributed by atoms with Crippen LogP contribution in [0.25, 0.3) is 0 Å². The zero-order valence-corrected chi connectivity index (χ0v) is 11.0. The smallest absolute Gasteiger partial charge is 0.323 e. The predicted molar refractivity (Wildman–Crippen MR) is 66.3 cm³/mol. The highest BCUT2D eigenvalue weighted by Gasteiger charge is 2.24. The molecule has 1 aliphatic rings. The minimum atomic E-state index is -1.28. The first kappa shape index (κ1) is 15.4. The molecular formula is C10H16N2O6S. The van der Waals surface area contributed by atoms with Crippen molar-refractivity contribution in [2.45, 2.75) is 18.9 Å². The highest BCUT2D eigenvalue weighted by molar-refractivity contribution is 7.85. The van der Waals surface area contributed by atoms with E-state index in [9.17, 15) is 18.6 Å². The van der Waals surface area contributed by atoms with E-state index in [1.54, 1.807) is 0 Å². The molecule has 0 spiro atoms. The lowest BCUT2D eigenvalue weighted by molar-refractivity contribution is -0.140. The molecule has 1 fully saturated rings. The number of nitrogens with one attached hydrogen (secondary N) is 1. The third-order valence-electron chi connectivity index (χ3n) is 2.66. The van der Waals surface area contributed by atoms with E-state index in [4.69, 9.17) is 10.2 Å². The topological polar surface area (TPSA) is 124 Å². The number of hydrogen-bond acceptors (Lipinski definition) is 4. The minimum Gasteiger partial charge on any atom is -0.480 e. The van der Waals surface area contributed by atoms with Crippen molar-refractivity contribution in [3.63, 3.8) is 0 Å². The van der Waals surface area contributed by atoms with Crippen molar-refractivity contribution in [3.05, 3.63) is 0 Å². The van der Waals surface area contributed by atoms with Crippen LogP contribution in [0.3, 0.4) is 0 Å². The maximum absolute atomic E-state index is 11.8. The van der Waals surface area contributed by atoms with Crippen LogP contribution in [0.5, 0.6) is 0 Å². The fraction of sp³-hybridized carbons (Fsp3) is 0.700. The van der Waals surface area contributed by atoms with Gasteiger partial charge in [0.15, 0.2) is 0 Å². The monoisotopic (exact) mass is 292 g/mol. The third kappa shape index (κ3) is 5.69. The summed E-state index contributed by atoms with van der Waals surface area (Å²) in [7, 11) is -0.858. The summed E-state index contributed by atoms with van der Waals surface area (Å²) in [5.41, 5.74) is 0. The summed E-state index contributed by atoms with van der Waals surface area (Å²) in [6.45, 7) is -1.34. The Balaban J connectivity index is 2.53. The average Bonchev–Trinajstić information content (AvgIpc) is 2.30. The number of rotatable bonds is 5. The van der Waals surface area contributed by atoms with Gasteiger partial charge >= 0.3 is 18.0 Å². The first-order chi connectivity index (χ1) is 8.88. The zero-order valence-electron chi connectivity index (χ0n) is 10.2. The highest BCUT2D eigenvalue weighted by atomic mass is 32.2. The number of hydrogen-bond donors (Lipinski definition) is 3. The van der Waals surface area contributed by atoms with Gasteiger partial charge in [0.2, 0.25) is 0 Å². The lowest BCUT2D eigenvalue weighted by Gasteiger charge is -2.26. The van der Waals surface area contributed by atoms with Gasteiger partial charge in [-0.2, -0.15) is 0 Å². The summed E-state index contributed by atoms with van der Waals surface area (Å²) < 4.78 is 11.2. The van der Waals surface area contributed by atoms with Crippen LogP contribution < -0.4 is 5.32 Å². The first-order valence-electron chi connectivity index (χ1n) is 5.72. The van der Waals surface area contributed by atoms with Gasteiger partial charge in [-0.05, 0) is 12.8 Å². The molecule has 1 heterocycles. The molecule has 9 heteroatoms. The van der Waals surface area contributed by atoms with Gasteiger partial charge in [-0.3, -0.25) is 13.8 Å². The van der Waals surface area contributed by atoms with Crippen LogP contribution in [0.1, 0.15) is 12.8 Å². The summed E-state index contributed by atoms with van der Waals surface area (Å²) in [4.78, 5) is 33.6. The Hall–Kier alpha value is -1.64. The second kappa shape index (κ2) is 7.07. The number of urea groups is 1. The quantitative estimate of drug-likeness (QED) is 0.602. The maximum Gasteiger partial charge on any atom is 0.323 e. The fourth-order valence-electron chi connectivity index (χ4n) is 1.73. The molecule has 0 radical (unpaired) electrons. The Morgan fingerprint density at radius 2 is 1.58 bits per heavy atom. The number of aliphatic carboxylic acids is 2. The number of carboxylic acid groups (broad SMARTS) is 2. The van der Waals surface area contributed by atoms with Crippen LogP contribution in [-0.2, 0) is 20.4 Å². The largest absolute Gasteiger partial charge is 0.480 e. The van der Waals surface area contributed by atoms with Gasteiger partial charge < -0.3 is 20.4 Å². The SMILES string of the molecule is O=C(O)CN(CC(=O)O)C(=O)NC1CCS(=O)CC1. The standard InChI is InChI=1S/C10H16N2O6S/c13-8(14)5-12(6-9(15)16)10(17)11-7-1-3-19(18)4-2-7/h7H,1-6H2,(H,11,17)(H,13,14)(H,15,16). The highest BCUT2D eigenvalue weighted by Crippen LogP contribution is 2.09. The average molecular weight is 292 g/mol. The molecule has 0 aliphatic carbocycles. The molecule has 3 N–H and O–H groups in total. The molecule has 8 nitrogen and oxygen atoms in total. The van der Waals surface area contributed by atoms with E-state index in [2.05, 4.69) is 5.32 Å². The lowest BCUT2D eigenvalue weighted by Crippen LogP contribution is -2.49. The lowest BCUT2D eigenvalue weighted by atomic mass is 10.1. The van der Waals surface area contributed by atoms with E-state index in [1.165, 1.54) is 0 Å². The van der Waals surface area contributed by atoms with Gasteiger partial charge in [-0.25, -0.2) is 4.79 Å². The molecule has 0 atom stereocenters. The molecule has 1 rings (SSSR count). The normalized spacial score (nSPS) is 22.5. The summed E-state index contributed by atoms with van der Waals surface area (Å²) >= 11 is 0. The van der Waals surface area contributed by atoms with E-state index < -0.39 is 41.9 Å². The van der Waals surface area contributed by atoms with E-state index in [0.29, 0.717) is 24.3 Å². The van der Waals surface area contributed by atoms with Crippen LogP contribution in [0.2, 0.25) is 0 Å². The Bertz CT molecular complexity index is 373. The summed E-state index contributed by atoms with van der Waals surface area (Å²) in [5, 5.41) is 19.8. The second-order valence-corrected chi connectivity index (χ2v) is 5.91. The van der Waals surface area contributed by atoms with Crippen LogP contribution in [0, 0.1) is 0 Å². The summed E-state index contributed by atoms with van der Waals surface area (Å²) in [6.07, 6.45) is 1.10. The number of nitrogens with zero attached hydrogens (tertiary/aromatic N) is 1. The van der Waals surface area contributed by atoms with Crippen LogP contribution >= 0.6 is 0 Å². The Labute approximate surface area is 112 Å². The molecule has 2 amide bonds. The van der Waals surface area contributed by atoms with Crippen molar-refractivity contribution >= 4 is 28.8 Å². The molecule has 0 aromatic carbocycles. The van der Waals surface area contributed by atoms with Gasteiger partial charge in [-0.1, -0.05) is 0 Å². The fourth-order valence-corrected chi connectivity index (χ4v) is 3.03. The molecule has 1 saturated heterocycles. The molecule has 1 aliphatic heterocycles. The molecule has 108 valence electrons. The van der Waals surface area contributed by atoms with Crippen molar-refractivity contribution in [3.8, 4) is 0 Å². The molecule has 0 saturated carbocycles. The van der Waals surface area contributed by atoms with E-state index in [-0.39, 0.29) is 6.04 Å². The van der Waals surface area contributed by atoms with Gasteiger partial charge in [0.25, 0.3) is 0 Å². The number of amides is 2. The third-order valence-corrected chi connectivity index (χ3v) is 4.04. The van der Waals surface area contributed by atoms with E-state index in [0.717, 1.165) is 4.90 Å². The Kier molecular flexibility index (Phi) is 5.74. The number of carbonyl (C=O) groups excluding carboxylic acids is 1.